The second-order valence-corrected chi connectivity index (χ2v) is 11.9. The zero-order valence-electron chi connectivity index (χ0n) is 22.4. The van der Waals surface area contributed by atoms with E-state index in [1.54, 1.807) is 0 Å². The van der Waals surface area contributed by atoms with Gasteiger partial charge in [0.05, 0.1) is 44.0 Å². The van der Waals surface area contributed by atoms with Crippen molar-refractivity contribution in [3.63, 3.8) is 0 Å². The lowest BCUT2D eigenvalue weighted by molar-refractivity contribution is -0.159. The molecule has 1 aromatic heterocycles. The summed E-state index contributed by atoms with van der Waals surface area (Å²) in [6.07, 6.45) is 2.97. The van der Waals surface area contributed by atoms with Crippen molar-refractivity contribution in [1.82, 2.24) is 10.3 Å². The van der Waals surface area contributed by atoms with Gasteiger partial charge in [-0.15, -0.1) is 0 Å². The van der Waals surface area contributed by atoms with Gasteiger partial charge in [0, 0.05) is 15.9 Å². The number of aromatic nitrogens is 1. The van der Waals surface area contributed by atoms with Crippen LogP contribution in [-0.2, 0) is 25.5 Å². The third-order valence-electron chi connectivity index (χ3n) is 7.61. The Morgan fingerprint density at radius 1 is 1.05 bits per heavy atom. The summed E-state index contributed by atoms with van der Waals surface area (Å²) in [4.78, 5) is 32.2. The molecular weight excluding hydrogens is 564 g/mol. The van der Waals surface area contributed by atoms with Gasteiger partial charge in [-0.25, -0.2) is 0 Å². The maximum Gasteiger partial charge on any atom is 0.310 e. The van der Waals surface area contributed by atoms with Gasteiger partial charge in [0.1, 0.15) is 11.5 Å². The second-order valence-electron chi connectivity index (χ2n) is 11.0. The maximum atomic E-state index is 14.3. The predicted molar refractivity (Wildman–Crippen MR) is 147 cm³/mol. The molecule has 8 nitrogen and oxygen atoms in total. The summed E-state index contributed by atoms with van der Waals surface area (Å²) >= 11 is 3.49. The molecule has 5 atom stereocenters. The van der Waals surface area contributed by atoms with Crippen molar-refractivity contribution >= 4 is 27.8 Å². The number of halogens is 1. The Morgan fingerprint density at radius 2 is 1.72 bits per heavy atom. The monoisotopic (exact) mass is 594 g/mol. The number of fused-ring (bicyclic) bond motifs is 3. The van der Waals surface area contributed by atoms with E-state index in [0.717, 1.165) is 4.47 Å². The number of carbonyl (C=O) groups excluding carboxylic acids is 2. The van der Waals surface area contributed by atoms with Gasteiger partial charge >= 0.3 is 5.97 Å². The van der Waals surface area contributed by atoms with Gasteiger partial charge in [-0.1, -0.05) is 58.4 Å². The van der Waals surface area contributed by atoms with E-state index in [1.807, 2.05) is 75.4 Å². The quantitative estimate of drug-likeness (QED) is 0.420. The van der Waals surface area contributed by atoms with E-state index >= 15 is 0 Å². The van der Waals surface area contributed by atoms with E-state index in [9.17, 15) is 14.7 Å². The first-order chi connectivity index (χ1) is 18.5. The Bertz CT molecular complexity index is 1410. The zero-order chi connectivity index (χ0) is 28.2. The van der Waals surface area contributed by atoms with Crippen molar-refractivity contribution in [3.8, 4) is 11.5 Å². The second kappa shape index (κ2) is 9.64. The van der Waals surface area contributed by atoms with Crippen LogP contribution in [0.3, 0.4) is 0 Å². The largest absolute Gasteiger partial charge is 0.495 e. The summed E-state index contributed by atoms with van der Waals surface area (Å²) in [6.45, 7) is 5.53. The van der Waals surface area contributed by atoms with E-state index in [-0.39, 0.29) is 17.1 Å². The number of esters is 1. The lowest BCUT2D eigenvalue weighted by Gasteiger charge is -2.41. The molecule has 2 aliphatic rings. The summed E-state index contributed by atoms with van der Waals surface area (Å²) in [7, 11) is 2.75. The molecule has 0 saturated heterocycles. The molecule has 1 fully saturated rings. The van der Waals surface area contributed by atoms with Crippen LogP contribution in [0.4, 0.5) is 0 Å². The molecule has 2 aromatic carbocycles. The molecule has 1 saturated carbocycles. The first-order valence-corrected chi connectivity index (χ1v) is 13.4. The Kier molecular flexibility index (Phi) is 6.71. The van der Waals surface area contributed by atoms with Gasteiger partial charge in [-0.2, -0.15) is 0 Å². The molecule has 2 heterocycles. The molecule has 1 amide bonds. The average Bonchev–Trinajstić information content (AvgIpc) is 3.30. The fourth-order valence-electron chi connectivity index (χ4n) is 6.33. The number of benzene rings is 2. The molecule has 3 aromatic rings. The number of hydrogen-bond acceptors (Lipinski definition) is 7. The maximum absolute atomic E-state index is 14.3. The number of nitrogens with zero attached hydrogens (tertiary/aromatic N) is 1. The molecule has 39 heavy (non-hydrogen) atoms. The lowest BCUT2D eigenvalue weighted by Crippen LogP contribution is -2.55. The Labute approximate surface area is 235 Å². The first-order valence-electron chi connectivity index (χ1n) is 12.6. The highest BCUT2D eigenvalue weighted by Crippen LogP contribution is 2.72. The molecule has 0 unspecified atom stereocenters. The Balaban J connectivity index is 1.93. The highest BCUT2D eigenvalue weighted by atomic mass is 79.9. The van der Waals surface area contributed by atoms with E-state index in [2.05, 4.69) is 26.2 Å². The number of rotatable bonds is 5. The molecule has 2 N–H and O–H groups in total. The van der Waals surface area contributed by atoms with Crippen LogP contribution in [0, 0.1) is 11.8 Å². The third kappa shape index (κ3) is 4.02. The average molecular weight is 595 g/mol. The van der Waals surface area contributed by atoms with Crippen molar-refractivity contribution < 1.29 is 28.9 Å². The summed E-state index contributed by atoms with van der Waals surface area (Å²) < 4.78 is 18.6. The smallest absolute Gasteiger partial charge is 0.310 e. The van der Waals surface area contributed by atoms with Crippen LogP contribution in [0.2, 0.25) is 0 Å². The van der Waals surface area contributed by atoms with Crippen molar-refractivity contribution in [2.45, 2.75) is 43.4 Å². The number of methoxy groups -OCH3 is 2. The summed E-state index contributed by atoms with van der Waals surface area (Å²) in [6, 6.07) is 16.6. The van der Waals surface area contributed by atoms with Crippen LogP contribution in [0.25, 0.3) is 0 Å². The topological polar surface area (TPSA) is 107 Å². The highest BCUT2D eigenvalue weighted by Gasteiger charge is 2.79. The minimum absolute atomic E-state index is 0.250. The molecular formula is C30H31BrN2O6. The number of hydrogen-bond donors (Lipinski definition) is 2. The van der Waals surface area contributed by atoms with Gasteiger partial charge in [-0.3, -0.25) is 14.6 Å². The summed E-state index contributed by atoms with van der Waals surface area (Å²) in [5.74, 6) is -3.86. The predicted octanol–water partition coefficient (Wildman–Crippen LogP) is 4.45. The van der Waals surface area contributed by atoms with Crippen LogP contribution >= 0.6 is 15.9 Å². The van der Waals surface area contributed by atoms with E-state index in [4.69, 9.17) is 14.2 Å². The zero-order valence-corrected chi connectivity index (χ0v) is 24.0. The van der Waals surface area contributed by atoms with Crippen molar-refractivity contribution in [3.05, 3.63) is 88.2 Å². The molecule has 1 aliphatic carbocycles. The Morgan fingerprint density at radius 3 is 2.31 bits per heavy atom. The molecule has 1 aliphatic heterocycles. The minimum Gasteiger partial charge on any atom is -0.495 e. The van der Waals surface area contributed by atoms with Gasteiger partial charge in [0.15, 0.2) is 11.2 Å². The highest BCUT2D eigenvalue weighted by molar-refractivity contribution is 9.10. The molecule has 0 bridgehead atoms. The molecule has 9 heteroatoms. The van der Waals surface area contributed by atoms with Crippen molar-refractivity contribution in [1.29, 1.82) is 0 Å². The summed E-state index contributed by atoms with van der Waals surface area (Å²) in [5.41, 5.74) is -2.76. The van der Waals surface area contributed by atoms with E-state index in [1.165, 1.54) is 26.6 Å². The number of carbonyl (C=O) groups is 2. The van der Waals surface area contributed by atoms with Crippen molar-refractivity contribution in [2.24, 2.45) is 11.8 Å². The number of amides is 1. The summed E-state index contributed by atoms with van der Waals surface area (Å²) in [5, 5.41) is 16.2. The number of nitrogens with one attached hydrogen (secondary N) is 1. The lowest BCUT2D eigenvalue weighted by atomic mass is 9.69. The van der Waals surface area contributed by atoms with Gasteiger partial charge in [0.25, 0.3) is 0 Å². The third-order valence-corrected chi connectivity index (χ3v) is 8.14. The number of aliphatic hydroxyl groups is 1. The fourth-order valence-corrected chi connectivity index (χ4v) is 6.59. The molecule has 0 spiro atoms. The van der Waals surface area contributed by atoms with Gasteiger partial charge in [0.2, 0.25) is 5.91 Å². The van der Waals surface area contributed by atoms with Gasteiger partial charge < -0.3 is 24.6 Å². The van der Waals surface area contributed by atoms with Crippen molar-refractivity contribution in [2.75, 3.05) is 14.2 Å². The minimum atomic E-state index is -2.06. The van der Waals surface area contributed by atoms with E-state index in [0.29, 0.717) is 11.1 Å². The van der Waals surface area contributed by atoms with E-state index < -0.39 is 46.4 Å². The van der Waals surface area contributed by atoms with Crippen LogP contribution in [0.1, 0.15) is 43.4 Å². The molecule has 5 rings (SSSR count). The normalized spacial score (nSPS) is 27.2. The van der Waals surface area contributed by atoms with Crippen LogP contribution in [-0.4, -0.2) is 41.7 Å². The number of ether oxygens (including phenoxy) is 3. The SMILES string of the molecule is COC(=O)[C@@H]1[C@@H](c2ccccc2)[C@]2(c3ccc(Br)cc3)Oc3cncc(OC)c3[C@]2(O)[C@H]1C(=O)NC(C)(C)C. The molecule has 204 valence electrons. The van der Waals surface area contributed by atoms with Crippen LogP contribution < -0.4 is 14.8 Å². The Hall–Kier alpha value is -3.43. The molecule has 0 radical (unpaired) electrons. The van der Waals surface area contributed by atoms with Crippen LogP contribution in [0.15, 0.2) is 71.5 Å². The van der Waals surface area contributed by atoms with Crippen LogP contribution in [0.5, 0.6) is 11.5 Å². The van der Waals surface area contributed by atoms with Gasteiger partial charge in [-0.05, 0) is 44.0 Å². The number of pyridine rings is 1. The first kappa shape index (κ1) is 27.1. The standard InChI is InChI=1S/C30H31BrN2O6/c1-28(2,3)33-26(34)25-22(27(35)38-5)23(17-9-7-6-8-10-17)30(18-11-13-19(31)14-12-18)29(25,36)24-20(37-4)15-32-16-21(24)39-30/h6-16,22-23,25,36H,1-5H3,(H,33,34)/t22-,23-,25-,29+,30+/m1/s1. The fraction of sp³-hybridized carbons (Fsp3) is 0.367.